The molecule has 0 unspecified atom stereocenters. The minimum absolute atomic E-state index is 0.0773. The van der Waals surface area contributed by atoms with Crippen molar-refractivity contribution in [2.75, 3.05) is 6.54 Å². The van der Waals surface area contributed by atoms with Gasteiger partial charge in [0.2, 0.25) is 11.7 Å². The second kappa shape index (κ2) is 8.25. The second-order valence-corrected chi connectivity index (χ2v) is 7.17. The van der Waals surface area contributed by atoms with Crippen LogP contribution in [0.5, 0.6) is 0 Å². The van der Waals surface area contributed by atoms with E-state index in [1.54, 1.807) is 12.1 Å². The molecule has 0 fully saturated rings. The van der Waals surface area contributed by atoms with Gasteiger partial charge in [-0.2, -0.15) is 18.2 Å². The number of hydrogen-bond donors (Lipinski definition) is 1. The smallest absolute Gasteiger partial charge is 0.354 e. The number of hydrogen-bond acceptors (Lipinski definition) is 4. The number of alkyl halides is 3. The van der Waals surface area contributed by atoms with Crippen LogP contribution in [0.15, 0.2) is 59.3 Å². The van der Waals surface area contributed by atoms with Crippen LogP contribution >= 0.6 is 0 Å². The topological polar surface area (TPSA) is 73.0 Å². The Hall–Kier alpha value is -3.62. The third kappa shape index (κ3) is 4.60. The van der Waals surface area contributed by atoms with Crippen LogP contribution in [0.1, 0.15) is 17.0 Å². The first kappa shape index (κ1) is 20.6. The Labute approximate surface area is 175 Å². The lowest BCUT2D eigenvalue weighted by atomic mass is 10.1. The van der Waals surface area contributed by atoms with Crippen LogP contribution in [-0.4, -0.2) is 27.2 Å². The van der Waals surface area contributed by atoms with Gasteiger partial charge < -0.3 is 14.4 Å². The molecule has 2 aromatic carbocycles. The Morgan fingerprint density at radius 1 is 1.16 bits per heavy atom. The Bertz CT molecular complexity index is 1210. The zero-order valence-corrected chi connectivity index (χ0v) is 16.6. The highest BCUT2D eigenvalue weighted by Gasteiger charge is 2.38. The first-order chi connectivity index (χ1) is 14.8. The standard InChI is InChI=1S/C22H19F3N4O2/c1-14-13-29(10-9-26-19(30)11-15-5-3-2-4-6-15)18-12-16(7-8-17(14)18)20-27-21(31-28-20)22(23,24)25/h2-8,12-13H,9-11H2,1H3,(H,26,30). The molecule has 2 aromatic heterocycles. The summed E-state index contributed by atoms with van der Waals surface area (Å²) in [6.07, 6.45) is -2.45. The lowest BCUT2D eigenvalue weighted by Crippen LogP contribution is -2.28. The number of aryl methyl sites for hydroxylation is 1. The molecule has 1 N–H and O–H groups in total. The minimum Gasteiger partial charge on any atom is -0.354 e. The molecular weight excluding hydrogens is 409 g/mol. The average molecular weight is 428 g/mol. The Balaban J connectivity index is 1.48. The van der Waals surface area contributed by atoms with Crippen molar-refractivity contribution in [1.29, 1.82) is 0 Å². The first-order valence-corrected chi connectivity index (χ1v) is 9.62. The molecule has 0 bridgehead atoms. The van der Waals surface area contributed by atoms with E-state index in [4.69, 9.17) is 0 Å². The van der Waals surface area contributed by atoms with Crippen molar-refractivity contribution < 1.29 is 22.5 Å². The van der Waals surface area contributed by atoms with Crippen molar-refractivity contribution in [1.82, 2.24) is 20.0 Å². The maximum absolute atomic E-state index is 12.7. The quantitative estimate of drug-likeness (QED) is 0.495. The SMILES string of the molecule is Cc1cn(CCNC(=O)Cc2ccccc2)c2cc(-c3noc(C(F)(F)F)n3)ccc12. The summed E-state index contributed by atoms with van der Waals surface area (Å²) in [4.78, 5) is 15.6. The highest BCUT2D eigenvalue weighted by Crippen LogP contribution is 2.31. The van der Waals surface area contributed by atoms with Gasteiger partial charge in [-0.05, 0) is 24.1 Å². The number of amides is 1. The van der Waals surface area contributed by atoms with E-state index in [2.05, 4.69) is 20.0 Å². The predicted octanol–water partition coefficient (Wildman–Crippen LogP) is 4.38. The second-order valence-electron chi connectivity index (χ2n) is 7.17. The monoisotopic (exact) mass is 428 g/mol. The molecule has 0 atom stereocenters. The van der Waals surface area contributed by atoms with Gasteiger partial charge >= 0.3 is 12.1 Å². The highest BCUT2D eigenvalue weighted by molar-refractivity contribution is 5.87. The minimum atomic E-state index is -4.69. The summed E-state index contributed by atoms with van der Waals surface area (Å²) in [5.41, 5.74) is 3.18. The summed E-state index contributed by atoms with van der Waals surface area (Å²) >= 11 is 0. The molecule has 4 aromatic rings. The van der Waals surface area contributed by atoms with Gasteiger partial charge in [-0.1, -0.05) is 47.6 Å². The summed E-state index contributed by atoms with van der Waals surface area (Å²) in [5, 5.41) is 7.30. The van der Waals surface area contributed by atoms with Crippen LogP contribution in [0.25, 0.3) is 22.3 Å². The van der Waals surface area contributed by atoms with Crippen molar-refractivity contribution in [3.8, 4) is 11.4 Å². The Morgan fingerprint density at radius 2 is 1.94 bits per heavy atom. The van der Waals surface area contributed by atoms with Gasteiger partial charge in [0.15, 0.2) is 0 Å². The van der Waals surface area contributed by atoms with Gasteiger partial charge in [0.25, 0.3) is 0 Å². The van der Waals surface area contributed by atoms with Gasteiger partial charge in [-0.3, -0.25) is 4.79 Å². The summed E-state index contributed by atoms with van der Waals surface area (Å²) in [5.74, 6) is -1.59. The largest absolute Gasteiger partial charge is 0.471 e. The number of nitrogens with one attached hydrogen (secondary N) is 1. The molecule has 4 rings (SSSR count). The number of carbonyl (C=O) groups excluding carboxylic acids is 1. The highest BCUT2D eigenvalue weighted by atomic mass is 19.4. The Kier molecular flexibility index (Phi) is 5.50. The van der Waals surface area contributed by atoms with E-state index >= 15 is 0 Å². The molecule has 0 spiro atoms. The van der Waals surface area contributed by atoms with Gasteiger partial charge in [0.1, 0.15) is 0 Å². The number of benzene rings is 2. The molecule has 160 valence electrons. The summed E-state index contributed by atoms with van der Waals surface area (Å²) in [6.45, 7) is 2.87. The fourth-order valence-electron chi connectivity index (χ4n) is 3.42. The maximum atomic E-state index is 12.7. The van der Waals surface area contributed by atoms with Gasteiger partial charge in [0.05, 0.1) is 6.42 Å². The molecule has 9 heteroatoms. The molecule has 0 aliphatic heterocycles. The van der Waals surface area contributed by atoms with E-state index in [1.165, 1.54) is 0 Å². The number of fused-ring (bicyclic) bond motifs is 1. The fraction of sp³-hybridized carbons (Fsp3) is 0.227. The molecular formula is C22H19F3N4O2. The molecule has 2 heterocycles. The van der Waals surface area contributed by atoms with Gasteiger partial charge in [0, 0.05) is 35.8 Å². The van der Waals surface area contributed by atoms with Crippen molar-refractivity contribution in [3.63, 3.8) is 0 Å². The number of carbonyl (C=O) groups is 1. The molecule has 0 saturated heterocycles. The molecule has 0 aliphatic carbocycles. The normalized spacial score (nSPS) is 11.7. The van der Waals surface area contributed by atoms with Crippen molar-refractivity contribution >= 4 is 16.8 Å². The maximum Gasteiger partial charge on any atom is 0.471 e. The molecule has 6 nitrogen and oxygen atoms in total. The van der Waals surface area contributed by atoms with Crippen molar-refractivity contribution in [3.05, 3.63) is 71.7 Å². The summed E-state index contributed by atoms with van der Waals surface area (Å²) in [6, 6.07) is 14.7. The third-order valence-corrected chi connectivity index (χ3v) is 4.89. The lowest BCUT2D eigenvalue weighted by molar-refractivity contribution is -0.159. The van der Waals surface area contributed by atoms with E-state index < -0.39 is 12.1 Å². The molecule has 31 heavy (non-hydrogen) atoms. The summed E-state index contributed by atoms with van der Waals surface area (Å²) in [7, 11) is 0. The van der Waals surface area contributed by atoms with Crippen LogP contribution in [0.4, 0.5) is 13.2 Å². The van der Waals surface area contributed by atoms with E-state index in [0.29, 0.717) is 25.1 Å². The summed E-state index contributed by atoms with van der Waals surface area (Å²) < 4.78 is 44.5. The molecule has 0 saturated carbocycles. The first-order valence-electron chi connectivity index (χ1n) is 9.62. The van der Waals surface area contributed by atoms with Gasteiger partial charge in [-0.25, -0.2) is 0 Å². The van der Waals surface area contributed by atoms with Crippen molar-refractivity contribution in [2.24, 2.45) is 0 Å². The van der Waals surface area contributed by atoms with Crippen LogP contribution in [0, 0.1) is 6.92 Å². The number of halogens is 3. The number of nitrogens with zero attached hydrogens (tertiary/aromatic N) is 3. The van der Waals surface area contributed by atoms with Crippen LogP contribution < -0.4 is 5.32 Å². The Morgan fingerprint density at radius 3 is 2.65 bits per heavy atom. The predicted molar refractivity (Wildman–Crippen MR) is 108 cm³/mol. The number of aromatic nitrogens is 3. The van der Waals surface area contributed by atoms with E-state index in [-0.39, 0.29) is 11.7 Å². The third-order valence-electron chi connectivity index (χ3n) is 4.89. The molecule has 0 aliphatic rings. The van der Waals surface area contributed by atoms with Crippen molar-refractivity contribution in [2.45, 2.75) is 26.1 Å². The van der Waals surface area contributed by atoms with Crippen LogP contribution in [0.3, 0.4) is 0 Å². The zero-order chi connectivity index (χ0) is 22.0. The zero-order valence-electron chi connectivity index (χ0n) is 16.6. The van der Waals surface area contributed by atoms with Crippen LogP contribution in [0.2, 0.25) is 0 Å². The van der Waals surface area contributed by atoms with E-state index in [1.807, 2.05) is 54.1 Å². The van der Waals surface area contributed by atoms with Gasteiger partial charge in [-0.15, -0.1) is 0 Å². The number of rotatable bonds is 6. The fourth-order valence-corrected chi connectivity index (χ4v) is 3.42. The lowest BCUT2D eigenvalue weighted by Gasteiger charge is -2.08. The van der Waals surface area contributed by atoms with E-state index in [0.717, 1.165) is 22.0 Å². The van der Waals surface area contributed by atoms with Crippen LogP contribution in [-0.2, 0) is 23.9 Å². The molecule has 1 amide bonds. The molecule has 0 radical (unpaired) electrons. The average Bonchev–Trinajstić information content (AvgIpc) is 3.34. The van der Waals surface area contributed by atoms with E-state index in [9.17, 15) is 18.0 Å².